The highest BCUT2D eigenvalue weighted by molar-refractivity contribution is 9.10. The summed E-state index contributed by atoms with van der Waals surface area (Å²) in [5.74, 6) is 2.19. The zero-order valence-electron chi connectivity index (χ0n) is 12.7. The molecule has 112 valence electrons. The minimum absolute atomic E-state index is 0.347. The topological polar surface area (TPSA) is 41.0 Å². The first kappa shape index (κ1) is 15.7. The fourth-order valence-electron chi connectivity index (χ4n) is 2.59. The molecule has 0 atom stereocenters. The molecule has 1 fully saturated rings. The van der Waals surface area contributed by atoms with Crippen molar-refractivity contribution >= 4 is 21.7 Å². The Labute approximate surface area is 130 Å². The summed E-state index contributed by atoms with van der Waals surface area (Å²) in [6, 6.07) is 2.51. The SMILES string of the molecule is CCCN1CCC(Nc2cc(Br)nc(C(C)C)n2)CC1. The van der Waals surface area contributed by atoms with Crippen LogP contribution in [0.2, 0.25) is 0 Å². The van der Waals surface area contributed by atoms with Crippen molar-refractivity contribution in [3.63, 3.8) is 0 Å². The lowest BCUT2D eigenvalue weighted by Gasteiger charge is -2.32. The number of rotatable bonds is 5. The van der Waals surface area contributed by atoms with E-state index >= 15 is 0 Å². The van der Waals surface area contributed by atoms with Gasteiger partial charge in [0.25, 0.3) is 0 Å². The van der Waals surface area contributed by atoms with E-state index in [4.69, 9.17) is 0 Å². The molecular formula is C15H25BrN4. The molecule has 0 radical (unpaired) electrons. The van der Waals surface area contributed by atoms with Crippen molar-refractivity contribution in [3.05, 3.63) is 16.5 Å². The van der Waals surface area contributed by atoms with Crippen molar-refractivity contribution in [3.8, 4) is 0 Å². The summed E-state index contributed by atoms with van der Waals surface area (Å²) in [6.45, 7) is 10.1. The van der Waals surface area contributed by atoms with Crippen LogP contribution in [0.5, 0.6) is 0 Å². The monoisotopic (exact) mass is 340 g/mol. The van der Waals surface area contributed by atoms with Crippen molar-refractivity contribution < 1.29 is 0 Å². The van der Waals surface area contributed by atoms with E-state index in [1.165, 1.54) is 38.9 Å². The molecule has 20 heavy (non-hydrogen) atoms. The molecule has 0 aliphatic carbocycles. The van der Waals surface area contributed by atoms with Crippen LogP contribution in [-0.4, -0.2) is 40.5 Å². The van der Waals surface area contributed by atoms with Gasteiger partial charge in [-0.2, -0.15) is 0 Å². The van der Waals surface area contributed by atoms with Gasteiger partial charge in [0.15, 0.2) is 0 Å². The van der Waals surface area contributed by atoms with Gasteiger partial charge in [0, 0.05) is 31.1 Å². The van der Waals surface area contributed by atoms with Gasteiger partial charge in [-0.3, -0.25) is 0 Å². The molecule has 1 aliphatic heterocycles. The Balaban J connectivity index is 1.94. The van der Waals surface area contributed by atoms with Crippen LogP contribution in [0, 0.1) is 0 Å². The van der Waals surface area contributed by atoms with E-state index in [9.17, 15) is 0 Å². The molecule has 1 aliphatic rings. The summed E-state index contributed by atoms with van der Waals surface area (Å²) < 4.78 is 0.863. The molecule has 1 N–H and O–H groups in total. The zero-order valence-corrected chi connectivity index (χ0v) is 14.3. The summed E-state index contributed by atoms with van der Waals surface area (Å²) in [5.41, 5.74) is 0. The Bertz CT molecular complexity index is 428. The second-order valence-electron chi connectivity index (χ2n) is 5.85. The van der Waals surface area contributed by atoms with Crippen LogP contribution in [0.3, 0.4) is 0 Å². The standard InChI is InChI=1S/C15H25BrN4/c1-4-7-20-8-5-12(6-9-20)17-14-10-13(16)18-15(19-14)11(2)3/h10-12H,4-9H2,1-3H3,(H,17,18,19). The Morgan fingerprint density at radius 1 is 1.35 bits per heavy atom. The van der Waals surface area contributed by atoms with Gasteiger partial charge in [-0.25, -0.2) is 9.97 Å². The number of piperidine rings is 1. The number of hydrogen-bond donors (Lipinski definition) is 1. The number of likely N-dealkylation sites (tertiary alicyclic amines) is 1. The number of anilines is 1. The summed E-state index contributed by atoms with van der Waals surface area (Å²) in [5, 5.41) is 3.57. The minimum atomic E-state index is 0.347. The van der Waals surface area contributed by atoms with Crippen molar-refractivity contribution in [1.82, 2.24) is 14.9 Å². The summed E-state index contributed by atoms with van der Waals surface area (Å²) in [4.78, 5) is 11.6. The lowest BCUT2D eigenvalue weighted by Crippen LogP contribution is -2.39. The van der Waals surface area contributed by atoms with Crippen molar-refractivity contribution in [2.24, 2.45) is 0 Å². The predicted octanol–water partition coefficient (Wildman–Crippen LogP) is 3.65. The number of nitrogens with zero attached hydrogens (tertiary/aromatic N) is 3. The molecule has 0 unspecified atom stereocenters. The number of aromatic nitrogens is 2. The summed E-state index contributed by atoms with van der Waals surface area (Å²) >= 11 is 3.48. The average molecular weight is 341 g/mol. The van der Waals surface area contributed by atoms with Crippen LogP contribution in [0.15, 0.2) is 10.7 Å². The maximum absolute atomic E-state index is 4.62. The van der Waals surface area contributed by atoms with Crippen LogP contribution >= 0.6 is 15.9 Å². The van der Waals surface area contributed by atoms with Gasteiger partial charge in [0.1, 0.15) is 16.2 Å². The van der Waals surface area contributed by atoms with E-state index < -0.39 is 0 Å². The van der Waals surface area contributed by atoms with Gasteiger partial charge >= 0.3 is 0 Å². The maximum atomic E-state index is 4.62. The lowest BCUT2D eigenvalue weighted by molar-refractivity contribution is 0.219. The molecule has 2 heterocycles. The second-order valence-corrected chi connectivity index (χ2v) is 6.66. The Kier molecular flexibility index (Phi) is 5.78. The Morgan fingerprint density at radius 2 is 2.05 bits per heavy atom. The minimum Gasteiger partial charge on any atom is -0.367 e. The van der Waals surface area contributed by atoms with Gasteiger partial charge < -0.3 is 10.2 Å². The average Bonchev–Trinajstić information content (AvgIpc) is 2.40. The molecule has 1 aromatic rings. The van der Waals surface area contributed by atoms with Crippen LogP contribution in [0.1, 0.15) is 51.8 Å². The molecule has 0 bridgehead atoms. The fourth-order valence-corrected chi connectivity index (χ4v) is 2.99. The zero-order chi connectivity index (χ0) is 14.5. The van der Waals surface area contributed by atoms with Gasteiger partial charge in [0.2, 0.25) is 0 Å². The highest BCUT2D eigenvalue weighted by Crippen LogP contribution is 2.20. The van der Waals surface area contributed by atoms with Crippen molar-refractivity contribution in [2.45, 2.75) is 52.0 Å². The smallest absolute Gasteiger partial charge is 0.134 e. The first-order chi connectivity index (χ1) is 9.58. The number of nitrogens with one attached hydrogen (secondary N) is 1. The normalized spacial score (nSPS) is 17.6. The Hall–Kier alpha value is -0.680. The molecule has 4 nitrogen and oxygen atoms in total. The molecule has 0 saturated carbocycles. The molecule has 1 saturated heterocycles. The molecular weight excluding hydrogens is 316 g/mol. The number of halogens is 1. The lowest BCUT2D eigenvalue weighted by atomic mass is 10.0. The van der Waals surface area contributed by atoms with Crippen LogP contribution in [0.4, 0.5) is 5.82 Å². The predicted molar refractivity (Wildman–Crippen MR) is 87.2 cm³/mol. The third kappa shape index (κ3) is 4.42. The first-order valence-electron chi connectivity index (χ1n) is 7.62. The fraction of sp³-hybridized carbons (Fsp3) is 0.733. The van der Waals surface area contributed by atoms with E-state index in [1.807, 2.05) is 6.07 Å². The molecule has 0 amide bonds. The number of hydrogen-bond acceptors (Lipinski definition) is 4. The molecule has 5 heteroatoms. The maximum Gasteiger partial charge on any atom is 0.134 e. The molecule has 2 rings (SSSR count). The summed E-state index contributed by atoms with van der Waals surface area (Å²) in [7, 11) is 0. The first-order valence-corrected chi connectivity index (χ1v) is 8.41. The van der Waals surface area contributed by atoms with Gasteiger partial charge in [-0.05, 0) is 41.7 Å². The van der Waals surface area contributed by atoms with Crippen molar-refractivity contribution in [2.75, 3.05) is 25.0 Å². The molecule has 1 aromatic heterocycles. The van der Waals surface area contributed by atoms with E-state index in [2.05, 4.69) is 56.9 Å². The van der Waals surface area contributed by atoms with E-state index in [1.54, 1.807) is 0 Å². The quantitative estimate of drug-likeness (QED) is 0.830. The second kappa shape index (κ2) is 7.36. The summed E-state index contributed by atoms with van der Waals surface area (Å²) in [6.07, 6.45) is 3.63. The Morgan fingerprint density at radius 3 is 2.65 bits per heavy atom. The van der Waals surface area contributed by atoms with Gasteiger partial charge in [-0.15, -0.1) is 0 Å². The third-order valence-electron chi connectivity index (χ3n) is 3.71. The van der Waals surface area contributed by atoms with Gasteiger partial charge in [0.05, 0.1) is 0 Å². The van der Waals surface area contributed by atoms with Crippen LogP contribution in [-0.2, 0) is 0 Å². The van der Waals surface area contributed by atoms with E-state index in [-0.39, 0.29) is 0 Å². The largest absolute Gasteiger partial charge is 0.367 e. The van der Waals surface area contributed by atoms with E-state index in [0.717, 1.165) is 16.2 Å². The van der Waals surface area contributed by atoms with Gasteiger partial charge in [-0.1, -0.05) is 20.8 Å². The molecule has 0 aromatic carbocycles. The van der Waals surface area contributed by atoms with E-state index in [0.29, 0.717) is 12.0 Å². The van der Waals surface area contributed by atoms with Crippen LogP contribution < -0.4 is 5.32 Å². The molecule has 0 spiro atoms. The third-order valence-corrected chi connectivity index (χ3v) is 4.11. The van der Waals surface area contributed by atoms with Crippen molar-refractivity contribution in [1.29, 1.82) is 0 Å². The van der Waals surface area contributed by atoms with Crippen LogP contribution in [0.25, 0.3) is 0 Å². The highest BCUT2D eigenvalue weighted by atomic mass is 79.9. The highest BCUT2D eigenvalue weighted by Gasteiger charge is 2.19.